The van der Waals surface area contributed by atoms with Gasteiger partial charge in [0, 0.05) is 5.69 Å². The summed E-state index contributed by atoms with van der Waals surface area (Å²) in [5.74, 6) is -2.51. The van der Waals surface area contributed by atoms with Crippen LogP contribution in [0.15, 0.2) is 47.4 Å². The molecule has 0 spiro atoms. The first-order valence-corrected chi connectivity index (χ1v) is 9.00. The summed E-state index contributed by atoms with van der Waals surface area (Å²) < 4.78 is 24.5. The largest absolute Gasteiger partial charge is 0.325 e. The molecule has 25 heavy (non-hydrogen) atoms. The van der Waals surface area contributed by atoms with Gasteiger partial charge in [-0.3, -0.25) is 19.7 Å². The number of nitrogens with one attached hydrogen (secondary N) is 2. The Balaban J connectivity index is 1.75. The van der Waals surface area contributed by atoms with E-state index in [9.17, 15) is 22.8 Å². The van der Waals surface area contributed by atoms with E-state index in [4.69, 9.17) is 0 Å². The number of anilines is 1. The summed E-state index contributed by atoms with van der Waals surface area (Å²) in [6.07, 6.45) is 0. The Kier molecular flexibility index (Phi) is 4.13. The Bertz CT molecular complexity index is 994. The normalized spacial score (nSPS) is 13.3. The molecule has 0 radical (unpaired) electrons. The van der Waals surface area contributed by atoms with Crippen molar-refractivity contribution in [2.45, 2.75) is 11.8 Å². The molecule has 0 saturated carbocycles. The third-order valence-corrected chi connectivity index (χ3v) is 5.35. The van der Waals surface area contributed by atoms with Crippen LogP contribution in [0, 0.1) is 6.92 Å². The first-order valence-electron chi connectivity index (χ1n) is 7.35. The molecule has 8 heteroatoms. The molecule has 128 valence electrons. The van der Waals surface area contributed by atoms with Gasteiger partial charge in [-0.1, -0.05) is 17.7 Å². The van der Waals surface area contributed by atoms with Crippen LogP contribution in [0.1, 0.15) is 26.3 Å². The highest BCUT2D eigenvalue weighted by molar-refractivity contribution is 7.92. The monoisotopic (exact) mass is 358 g/mol. The predicted octanol–water partition coefficient (Wildman–Crippen LogP) is 1.29. The predicted molar refractivity (Wildman–Crippen MR) is 90.1 cm³/mol. The van der Waals surface area contributed by atoms with Crippen LogP contribution in [0.4, 0.5) is 5.69 Å². The van der Waals surface area contributed by atoms with E-state index in [0.717, 1.165) is 5.56 Å². The summed E-state index contributed by atoms with van der Waals surface area (Å²) in [6.45, 7) is 1.83. The van der Waals surface area contributed by atoms with E-state index in [1.54, 1.807) is 12.1 Å². The Hall–Kier alpha value is -3.00. The van der Waals surface area contributed by atoms with E-state index in [0.29, 0.717) is 0 Å². The minimum atomic E-state index is -3.77. The topological polar surface area (TPSA) is 109 Å². The Labute approximate surface area is 144 Å². The van der Waals surface area contributed by atoms with Crippen molar-refractivity contribution in [3.05, 3.63) is 59.2 Å². The van der Waals surface area contributed by atoms with Crippen molar-refractivity contribution in [3.8, 4) is 0 Å². The van der Waals surface area contributed by atoms with Gasteiger partial charge in [0.15, 0.2) is 9.84 Å². The average molecular weight is 358 g/mol. The van der Waals surface area contributed by atoms with Gasteiger partial charge in [0.2, 0.25) is 5.91 Å². The smallest absolute Gasteiger partial charge is 0.259 e. The summed E-state index contributed by atoms with van der Waals surface area (Å²) in [7, 11) is -3.77. The number of imide groups is 1. The van der Waals surface area contributed by atoms with Crippen LogP contribution in [0.2, 0.25) is 0 Å². The number of hydrogen-bond donors (Lipinski definition) is 2. The molecule has 0 aromatic heterocycles. The maximum Gasteiger partial charge on any atom is 0.259 e. The number of rotatable bonds is 4. The molecule has 1 heterocycles. The van der Waals surface area contributed by atoms with Crippen molar-refractivity contribution in [1.82, 2.24) is 5.32 Å². The second-order valence-electron chi connectivity index (χ2n) is 5.66. The molecule has 3 rings (SSSR count). The van der Waals surface area contributed by atoms with Gasteiger partial charge in [0.05, 0.1) is 16.0 Å². The molecule has 0 fully saturated rings. The van der Waals surface area contributed by atoms with Gasteiger partial charge in [-0.05, 0) is 37.3 Å². The number of carbonyl (C=O) groups excluding carboxylic acids is 3. The molecule has 0 aliphatic carbocycles. The zero-order valence-corrected chi connectivity index (χ0v) is 14.0. The fourth-order valence-corrected chi connectivity index (χ4v) is 3.58. The number of amides is 3. The molecule has 1 aliphatic rings. The standard InChI is InChI=1S/C17H14N2O5S/c1-10-2-5-12(6-3-10)25(23,24)9-15(20)18-11-4-7-13-14(8-11)17(22)19-16(13)21/h2-8H,9H2,1H3,(H,18,20)(H,19,21,22). The van der Waals surface area contributed by atoms with Crippen molar-refractivity contribution in [3.63, 3.8) is 0 Å². The van der Waals surface area contributed by atoms with E-state index in [-0.39, 0.29) is 21.7 Å². The zero-order valence-electron chi connectivity index (χ0n) is 13.2. The highest BCUT2D eigenvalue weighted by Crippen LogP contribution is 2.20. The number of aryl methyl sites for hydroxylation is 1. The zero-order chi connectivity index (χ0) is 18.2. The average Bonchev–Trinajstić information content (AvgIpc) is 2.81. The highest BCUT2D eigenvalue weighted by atomic mass is 32.2. The molecule has 0 atom stereocenters. The molecule has 7 nitrogen and oxygen atoms in total. The number of sulfone groups is 1. The maximum atomic E-state index is 12.3. The minimum Gasteiger partial charge on any atom is -0.325 e. The summed E-state index contributed by atoms with van der Waals surface area (Å²) in [4.78, 5) is 35.2. The van der Waals surface area contributed by atoms with Crippen LogP contribution in [-0.2, 0) is 14.6 Å². The number of hydrogen-bond acceptors (Lipinski definition) is 5. The van der Waals surface area contributed by atoms with Gasteiger partial charge in [-0.2, -0.15) is 0 Å². The van der Waals surface area contributed by atoms with Gasteiger partial charge in [0.1, 0.15) is 5.75 Å². The van der Waals surface area contributed by atoms with Gasteiger partial charge in [-0.25, -0.2) is 8.42 Å². The summed E-state index contributed by atoms with van der Waals surface area (Å²) in [6, 6.07) is 10.4. The second kappa shape index (κ2) is 6.14. The lowest BCUT2D eigenvalue weighted by Crippen LogP contribution is -2.23. The van der Waals surface area contributed by atoms with E-state index in [1.807, 2.05) is 6.92 Å². The molecular weight excluding hydrogens is 344 g/mol. The fourth-order valence-electron chi connectivity index (χ4n) is 2.44. The van der Waals surface area contributed by atoms with Gasteiger partial charge >= 0.3 is 0 Å². The quantitative estimate of drug-likeness (QED) is 0.801. The maximum absolute atomic E-state index is 12.3. The molecule has 2 N–H and O–H groups in total. The van der Waals surface area contributed by atoms with Crippen molar-refractivity contribution >= 4 is 33.2 Å². The van der Waals surface area contributed by atoms with Crippen molar-refractivity contribution in [2.24, 2.45) is 0 Å². The van der Waals surface area contributed by atoms with Crippen molar-refractivity contribution < 1.29 is 22.8 Å². The first-order chi connectivity index (χ1) is 11.8. The van der Waals surface area contributed by atoms with Crippen LogP contribution >= 0.6 is 0 Å². The summed E-state index contributed by atoms with van der Waals surface area (Å²) in [5, 5.41) is 4.58. The summed E-state index contributed by atoms with van der Waals surface area (Å²) in [5.41, 5.74) is 1.52. The Morgan fingerprint density at radius 3 is 2.32 bits per heavy atom. The molecule has 0 unspecified atom stereocenters. The van der Waals surface area contributed by atoms with Crippen LogP contribution in [0.5, 0.6) is 0 Å². The van der Waals surface area contributed by atoms with Gasteiger partial charge in [0.25, 0.3) is 11.8 Å². The molecule has 2 aromatic rings. The number of fused-ring (bicyclic) bond motifs is 1. The Morgan fingerprint density at radius 2 is 1.64 bits per heavy atom. The molecule has 1 aliphatic heterocycles. The summed E-state index contributed by atoms with van der Waals surface area (Å²) >= 11 is 0. The van der Waals surface area contributed by atoms with Crippen LogP contribution in [0.25, 0.3) is 0 Å². The van der Waals surface area contributed by atoms with E-state index >= 15 is 0 Å². The van der Waals surface area contributed by atoms with Crippen LogP contribution in [0.3, 0.4) is 0 Å². The molecule has 3 amide bonds. The molecule has 2 aromatic carbocycles. The highest BCUT2D eigenvalue weighted by Gasteiger charge is 2.27. The van der Waals surface area contributed by atoms with Gasteiger partial charge in [-0.15, -0.1) is 0 Å². The Morgan fingerprint density at radius 1 is 1.00 bits per heavy atom. The minimum absolute atomic E-state index is 0.0622. The third-order valence-electron chi connectivity index (χ3n) is 3.72. The van der Waals surface area contributed by atoms with E-state index < -0.39 is 33.3 Å². The van der Waals surface area contributed by atoms with Crippen LogP contribution in [-0.4, -0.2) is 31.9 Å². The molecular formula is C17H14N2O5S. The number of carbonyl (C=O) groups is 3. The van der Waals surface area contributed by atoms with E-state index in [1.165, 1.54) is 30.3 Å². The van der Waals surface area contributed by atoms with Crippen molar-refractivity contribution in [1.29, 1.82) is 0 Å². The first kappa shape index (κ1) is 16.8. The lowest BCUT2D eigenvalue weighted by atomic mass is 10.1. The lowest BCUT2D eigenvalue weighted by molar-refractivity contribution is -0.113. The van der Waals surface area contributed by atoms with Crippen molar-refractivity contribution in [2.75, 3.05) is 11.1 Å². The second-order valence-corrected chi connectivity index (χ2v) is 7.65. The van der Waals surface area contributed by atoms with Crippen LogP contribution < -0.4 is 10.6 Å². The third kappa shape index (κ3) is 3.43. The molecule has 0 saturated heterocycles. The van der Waals surface area contributed by atoms with Gasteiger partial charge < -0.3 is 5.32 Å². The van der Waals surface area contributed by atoms with E-state index in [2.05, 4.69) is 10.6 Å². The fraction of sp³-hybridized carbons (Fsp3) is 0.118. The molecule has 0 bridgehead atoms. The number of benzene rings is 2. The SMILES string of the molecule is Cc1ccc(S(=O)(=O)CC(=O)Nc2ccc3c(c2)C(=O)NC3=O)cc1. The lowest BCUT2D eigenvalue weighted by Gasteiger charge is -2.07.